The van der Waals surface area contributed by atoms with Gasteiger partial charge in [-0.15, -0.1) is 0 Å². The van der Waals surface area contributed by atoms with E-state index in [2.05, 4.69) is 27.2 Å². The Hall–Kier alpha value is -2.87. The highest BCUT2D eigenvalue weighted by Crippen LogP contribution is 2.39. The van der Waals surface area contributed by atoms with Gasteiger partial charge in [0.2, 0.25) is 0 Å². The molecule has 7 nitrogen and oxygen atoms in total. The van der Waals surface area contributed by atoms with Crippen LogP contribution in [0.1, 0.15) is 64.7 Å². The molecule has 3 aromatic rings. The van der Waals surface area contributed by atoms with Crippen LogP contribution in [0.3, 0.4) is 0 Å². The predicted molar refractivity (Wildman–Crippen MR) is 123 cm³/mol. The normalized spacial score (nSPS) is 16.0. The Bertz CT molecular complexity index is 1100. The molecule has 8 heteroatoms. The van der Waals surface area contributed by atoms with Crippen molar-refractivity contribution in [1.29, 1.82) is 0 Å². The fourth-order valence-corrected chi connectivity index (χ4v) is 5.02. The second-order valence-electron chi connectivity index (χ2n) is 7.87. The Kier molecular flexibility index (Phi) is 6.27. The average Bonchev–Trinajstić information content (AvgIpc) is 3.41. The van der Waals surface area contributed by atoms with Crippen molar-refractivity contribution in [2.24, 2.45) is 0 Å². The molecule has 1 atom stereocenters. The maximum atomic E-state index is 13.5. The molecule has 0 saturated carbocycles. The van der Waals surface area contributed by atoms with Crippen LogP contribution in [0.5, 0.6) is 0 Å². The summed E-state index contributed by atoms with van der Waals surface area (Å²) in [6.45, 7) is 6.79. The van der Waals surface area contributed by atoms with Gasteiger partial charge in [-0.1, -0.05) is 18.3 Å². The van der Waals surface area contributed by atoms with E-state index in [1.807, 2.05) is 44.3 Å². The van der Waals surface area contributed by atoms with E-state index in [4.69, 9.17) is 4.98 Å². The van der Waals surface area contributed by atoms with Crippen LogP contribution < -0.4 is 5.32 Å². The van der Waals surface area contributed by atoms with E-state index < -0.39 is 0 Å². The van der Waals surface area contributed by atoms with Gasteiger partial charge in [-0.05, 0) is 50.3 Å². The van der Waals surface area contributed by atoms with Crippen LogP contribution in [0.4, 0.5) is 5.13 Å². The third kappa shape index (κ3) is 4.17. The molecular formula is C23H28N6OS. The van der Waals surface area contributed by atoms with Crippen molar-refractivity contribution >= 4 is 22.4 Å². The molecule has 1 N–H and O–H groups in total. The molecule has 31 heavy (non-hydrogen) atoms. The summed E-state index contributed by atoms with van der Waals surface area (Å²) >= 11 is 1.41. The molecule has 1 aliphatic rings. The first-order valence-electron chi connectivity index (χ1n) is 10.8. The molecule has 1 aliphatic heterocycles. The van der Waals surface area contributed by atoms with Gasteiger partial charge in [0.05, 0.1) is 17.4 Å². The van der Waals surface area contributed by atoms with E-state index >= 15 is 0 Å². The highest BCUT2D eigenvalue weighted by Gasteiger charge is 2.35. The van der Waals surface area contributed by atoms with Gasteiger partial charge in [0.15, 0.2) is 5.13 Å². The molecule has 4 heterocycles. The Morgan fingerprint density at radius 1 is 1.26 bits per heavy atom. The number of likely N-dealkylation sites (tertiary alicyclic amines) is 1. The highest BCUT2D eigenvalue weighted by atomic mass is 32.1. The number of carbonyl (C=O) groups excluding carboxylic acids is 1. The quantitative estimate of drug-likeness (QED) is 0.609. The van der Waals surface area contributed by atoms with Crippen molar-refractivity contribution in [2.45, 2.75) is 52.5 Å². The highest BCUT2D eigenvalue weighted by molar-refractivity contribution is 7.17. The summed E-state index contributed by atoms with van der Waals surface area (Å²) in [6, 6.07) is 1.93. The second-order valence-corrected chi connectivity index (χ2v) is 8.86. The van der Waals surface area contributed by atoms with E-state index in [0.29, 0.717) is 4.88 Å². The second kappa shape index (κ2) is 9.09. The van der Waals surface area contributed by atoms with Crippen LogP contribution in [-0.4, -0.2) is 44.3 Å². The zero-order valence-electron chi connectivity index (χ0n) is 18.5. The number of thiazole rings is 1. The molecule has 162 valence electrons. The molecule has 0 radical (unpaired) electrons. The summed E-state index contributed by atoms with van der Waals surface area (Å²) < 4.78 is 0. The summed E-state index contributed by atoms with van der Waals surface area (Å²) in [5.41, 5.74) is 4.84. The molecule has 0 bridgehead atoms. The maximum Gasteiger partial charge on any atom is 0.266 e. The number of hydrogen-bond acceptors (Lipinski definition) is 7. The molecule has 1 saturated heterocycles. The van der Waals surface area contributed by atoms with Crippen LogP contribution in [0.25, 0.3) is 11.1 Å². The minimum Gasteiger partial charge on any atom is -0.365 e. The third-order valence-electron chi connectivity index (χ3n) is 5.69. The van der Waals surface area contributed by atoms with Gasteiger partial charge >= 0.3 is 0 Å². The minimum atomic E-state index is -0.0757. The summed E-state index contributed by atoms with van der Waals surface area (Å²) in [6.07, 6.45) is 9.22. The summed E-state index contributed by atoms with van der Waals surface area (Å²) in [5, 5.41) is 3.81. The van der Waals surface area contributed by atoms with E-state index in [1.165, 1.54) is 11.3 Å². The van der Waals surface area contributed by atoms with Crippen molar-refractivity contribution < 1.29 is 4.79 Å². The monoisotopic (exact) mass is 436 g/mol. The lowest BCUT2D eigenvalue weighted by atomic mass is 9.97. The number of amides is 1. The fraction of sp³-hybridized carbons (Fsp3) is 0.435. The van der Waals surface area contributed by atoms with E-state index in [0.717, 1.165) is 71.3 Å². The van der Waals surface area contributed by atoms with Crippen LogP contribution >= 0.6 is 11.3 Å². The number of aromatic nitrogens is 4. The van der Waals surface area contributed by atoms with Gasteiger partial charge in [0.25, 0.3) is 5.91 Å². The Labute approximate surface area is 187 Å². The Balaban J connectivity index is 1.77. The molecule has 0 aromatic carbocycles. The summed E-state index contributed by atoms with van der Waals surface area (Å²) in [7, 11) is 1.82. The van der Waals surface area contributed by atoms with Crippen molar-refractivity contribution in [3.8, 4) is 11.1 Å². The molecule has 1 fully saturated rings. The van der Waals surface area contributed by atoms with Gasteiger partial charge in [-0.2, -0.15) is 0 Å². The molecule has 1 amide bonds. The topological polar surface area (TPSA) is 83.9 Å². The third-order valence-corrected chi connectivity index (χ3v) is 6.85. The number of pyridine rings is 1. The molecule has 3 aromatic heterocycles. The lowest BCUT2D eigenvalue weighted by Crippen LogP contribution is -2.31. The van der Waals surface area contributed by atoms with Crippen molar-refractivity contribution in [3.63, 3.8) is 0 Å². The zero-order valence-corrected chi connectivity index (χ0v) is 19.3. The summed E-state index contributed by atoms with van der Waals surface area (Å²) in [5.74, 6) is 0.866. The van der Waals surface area contributed by atoms with Gasteiger partial charge in [-0.25, -0.2) is 15.0 Å². The van der Waals surface area contributed by atoms with Gasteiger partial charge in [0, 0.05) is 44.2 Å². The molecule has 1 unspecified atom stereocenters. The number of hydrogen-bond donors (Lipinski definition) is 1. The average molecular weight is 437 g/mol. The lowest BCUT2D eigenvalue weighted by Gasteiger charge is -2.26. The number of nitrogens with one attached hydrogen (secondary N) is 1. The van der Waals surface area contributed by atoms with Crippen molar-refractivity contribution in [2.75, 3.05) is 18.9 Å². The van der Waals surface area contributed by atoms with Gasteiger partial charge in [0.1, 0.15) is 10.7 Å². The molecular weight excluding hydrogens is 408 g/mol. The number of aryl methyl sites for hydroxylation is 3. The van der Waals surface area contributed by atoms with Crippen molar-refractivity contribution in [3.05, 3.63) is 52.3 Å². The minimum absolute atomic E-state index is 0.0343. The number of rotatable bonds is 6. The summed E-state index contributed by atoms with van der Waals surface area (Å²) in [4.78, 5) is 34.5. The van der Waals surface area contributed by atoms with Gasteiger partial charge in [-0.3, -0.25) is 9.78 Å². The number of anilines is 1. The Morgan fingerprint density at radius 2 is 2.10 bits per heavy atom. The van der Waals surface area contributed by atoms with Crippen LogP contribution in [0.2, 0.25) is 0 Å². The van der Waals surface area contributed by atoms with Crippen LogP contribution in [-0.2, 0) is 6.42 Å². The first-order chi connectivity index (χ1) is 15.0. The SMILES string of the molecule is CCCc1ncc(-c2ccncc2C)c(C2CCCN2C(=O)c2sc(NC)nc2C)n1. The van der Waals surface area contributed by atoms with Crippen molar-refractivity contribution in [1.82, 2.24) is 24.8 Å². The lowest BCUT2D eigenvalue weighted by molar-refractivity contribution is 0.0737. The first kappa shape index (κ1) is 21.4. The predicted octanol–water partition coefficient (Wildman–Crippen LogP) is 4.58. The van der Waals surface area contributed by atoms with Crippen LogP contribution in [0.15, 0.2) is 24.7 Å². The number of carbonyl (C=O) groups is 1. The Morgan fingerprint density at radius 3 is 2.81 bits per heavy atom. The number of nitrogens with zero attached hydrogens (tertiary/aromatic N) is 5. The van der Waals surface area contributed by atoms with Crippen LogP contribution in [0, 0.1) is 13.8 Å². The molecule has 0 aliphatic carbocycles. The fourth-order valence-electron chi connectivity index (χ4n) is 4.14. The molecule has 0 spiro atoms. The smallest absolute Gasteiger partial charge is 0.266 e. The van der Waals surface area contributed by atoms with E-state index in [1.54, 1.807) is 6.20 Å². The standard InChI is InChI=1S/C23H28N6OS/c1-5-7-19-26-13-17(16-9-10-25-12-14(16)2)20(28-19)18-8-6-11-29(18)22(30)21-15(3)27-23(24-4)31-21/h9-10,12-13,18H,5-8,11H2,1-4H3,(H,24,27). The van der Waals surface area contributed by atoms with E-state index in [9.17, 15) is 4.79 Å². The van der Waals surface area contributed by atoms with Gasteiger partial charge < -0.3 is 10.2 Å². The van der Waals surface area contributed by atoms with E-state index in [-0.39, 0.29) is 11.9 Å². The largest absolute Gasteiger partial charge is 0.365 e. The molecule has 4 rings (SSSR count). The zero-order chi connectivity index (χ0) is 22.0. The maximum absolute atomic E-state index is 13.5. The first-order valence-corrected chi connectivity index (χ1v) is 11.6.